The Morgan fingerprint density at radius 3 is 2.88 bits per heavy atom. The Balaban J connectivity index is 1.59. The summed E-state index contributed by atoms with van der Waals surface area (Å²) in [6.07, 6.45) is 0.305. The quantitative estimate of drug-likeness (QED) is 0.887. The van der Waals surface area contributed by atoms with Gasteiger partial charge < -0.3 is 20.1 Å². The van der Waals surface area contributed by atoms with E-state index in [0.29, 0.717) is 23.3 Å². The van der Waals surface area contributed by atoms with Crippen molar-refractivity contribution in [2.24, 2.45) is 0 Å². The van der Waals surface area contributed by atoms with Gasteiger partial charge in [0.15, 0.2) is 18.4 Å². The van der Waals surface area contributed by atoms with E-state index in [1.165, 1.54) is 24.3 Å². The van der Waals surface area contributed by atoms with Crippen LogP contribution in [0, 0.1) is 17.5 Å². The average molecular weight is 352 g/mol. The van der Waals surface area contributed by atoms with E-state index in [1.54, 1.807) is 0 Å². The van der Waals surface area contributed by atoms with Crippen LogP contribution in [0.5, 0.6) is 5.75 Å². The van der Waals surface area contributed by atoms with E-state index in [9.17, 15) is 18.0 Å². The zero-order valence-electron chi connectivity index (χ0n) is 13.1. The molecule has 0 radical (unpaired) electrons. The molecule has 2 aromatic rings. The first-order valence-electron chi connectivity index (χ1n) is 7.55. The van der Waals surface area contributed by atoms with Gasteiger partial charge in [-0.1, -0.05) is 6.07 Å². The van der Waals surface area contributed by atoms with Crippen molar-refractivity contribution in [2.75, 3.05) is 18.7 Å². The molecule has 3 rings (SSSR count). The molecule has 0 unspecified atom stereocenters. The van der Waals surface area contributed by atoms with Crippen molar-refractivity contribution in [3.8, 4) is 5.75 Å². The normalized spacial score (nSPS) is 12.9. The Morgan fingerprint density at radius 1 is 1.20 bits per heavy atom. The monoisotopic (exact) mass is 352 g/mol. The Hall–Kier alpha value is -2.74. The number of nitrogens with one attached hydrogen (secondary N) is 2. The van der Waals surface area contributed by atoms with Gasteiger partial charge in [-0.25, -0.2) is 18.0 Å². The minimum absolute atomic E-state index is 0.0817. The van der Waals surface area contributed by atoms with Crippen molar-refractivity contribution < 1.29 is 27.4 Å². The van der Waals surface area contributed by atoms with Gasteiger partial charge in [0.25, 0.3) is 0 Å². The van der Waals surface area contributed by atoms with E-state index in [4.69, 9.17) is 9.47 Å². The number of fused-ring (bicyclic) bond motifs is 1. The molecule has 8 heteroatoms. The molecule has 0 bridgehead atoms. The third-order valence-electron chi connectivity index (χ3n) is 3.63. The summed E-state index contributed by atoms with van der Waals surface area (Å²) in [4.78, 5) is 11.8. The van der Waals surface area contributed by atoms with Gasteiger partial charge in [-0.2, -0.15) is 0 Å². The van der Waals surface area contributed by atoms with Crippen molar-refractivity contribution in [3.05, 3.63) is 58.9 Å². The van der Waals surface area contributed by atoms with E-state index in [2.05, 4.69) is 10.6 Å². The van der Waals surface area contributed by atoms with Crippen LogP contribution in [0.25, 0.3) is 0 Å². The summed E-state index contributed by atoms with van der Waals surface area (Å²) in [6.45, 7) is 0.494. The first kappa shape index (κ1) is 17.1. The molecule has 1 heterocycles. The number of ether oxygens (including phenoxy) is 2. The number of anilines is 1. The highest BCUT2D eigenvalue weighted by Crippen LogP contribution is 2.29. The molecule has 25 heavy (non-hydrogen) atoms. The van der Waals surface area contributed by atoms with Gasteiger partial charge in [-0.3, -0.25) is 0 Å². The molecule has 2 N–H and O–H groups in total. The highest BCUT2D eigenvalue weighted by molar-refractivity contribution is 5.89. The zero-order valence-corrected chi connectivity index (χ0v) is 13.1. The molecule has 0 saturated heterocycles. The molecule has 0 spiro atoms. The average Bonchev–Trinajstić information content (AvgIpc) is 2.59. The predicted molar refractivity (Wildman–Crippen MR) is 83.8 cm³/mol. The molecule has 2 amide bonds. The Labute approximate surface area is 141 Å². The van der Waals surface area contributed by atoms with Crippen LogP contribution >= 0.6 is 0 Å². The highest BCUT2D eigenvalue weighted by atomic mass is 19.2. The lowest BCUT2D eigenvalue weighted by molar-refractivity contribution is -0.0172. The maximum Gasteiger partial charge on any atom is 0.319 e. The van der Waals surface area contributed by atoms with Crippen LogP contribution in [0.15, 0.2) is 30.3 Å². The van der Waals surface area contributed by atoms with E-state index in [0.717, 1.165) is 6.07 Å². The van der Waals surface area contributed by atoms with E-state index in [1.807, 2.05) is 0 Å². The molecular weight excluding hydrogens is 337 g/mol. The maximum absolute atomic E-state index is 13.6. The number of carbonyl (C=O) groups excluding carboxylic acids is 1. The smallest absolute Gasteiger partial charge is 0.319 e. The molecule has 0 aromatic heterocycles. The van der Waals surface area contributed by atoms with Crippen LogP contribution in [0.3, 0.4) is 0 Å². The third-order valence-corrected chi connectivity index (χ3v) is 3.63. The summed E-state index contributed by atoms with van der Waals surface area (Å²) < 4.78 is 50.7. The second-order valence-corrected chi connectivity index (χ2v) is 5.40. The molecule has 5 nitrogen and oxygen atoms in total. The first-order valence-corrected chi connectivity index (χ1v) is 7.55. The molecule has 2 aromatic carbocycles. The standard InChI is InChI=1S/C17H15F3N2O3/c18-12-6-10(16-11(7-12)8-24-9-25-16)4-5-21-17(23)22-14-3-1-2-13(19)15(14)20/h1-3,6-7H,4-5,8-9H2,(H2,21,22,23). The Morgan fingerprint density at radius 2 is 2.04 bits per heavy atom. The van der Waals surface area contributed by atoms with E-state index >= 15 is 0 Å². The van der Waals surface area contributed by atoms with Gasteiger partial charge in [0, 0.05) is 12.1 Å². The maximum atomic E-state index is 13.6. The highest BCUT2D eigenvalue weighted by Gasteiger charge is 2.17. The van der Waals surface area contributed by atoms with Gasteiger partial charge in [0.05, 0.1) is 12.3 Å². The Kier molecular flexibility index (Phi) is 5.08. The summed E-state index contributed by atoms with van der Waals surface area (Å²) >= 11 is 0. The lowest BCUT2D eigenvalue weighted by atomic mass is 10.1. The zero-order chi connectivity index (χ0) is 17.8. The fourth-order valence-electron chi connectivity index (χ4n) is 2.52. The van der Waals surface area contributed by atoms with Crippen LogP contribution in [0.2, 0.25) is 0 Å². The van der Waals surface area contributed by atoms with E-state index < -0.39 is 23.5 Å². The summed E-state index contributed by atoms with van der Waals surface area (Å²) in [7, 11) is 0. The first-order chi connectivity index (χ1) is 12.0. The minimum Gasteiger partial charge on any atom is -0.467 e. The topological polar surface area (TPSA) is 59.6 Å². The fourth-order valence-corrected chi connectivity index (χ4v) is 2.52. The summed E-state index contributed by atoms with van der Waals surface area (Å²) in [5.74, 6) is -2.06. The predicted octanol–water partition coefficient (Wildman–Crippen LogP) is 3.33. The SMILES string of the molecule is O=C(NCCc1cc(F)cc2c1OCOC2)Nc1cccc(F)c1F. The fraction of sp³-hybridized carbons (Fsp3) is 0.235. The van der Waals surface area contributed by atoms with Crippen LogP contribution in [-0.4, -0.2) is 19.4 Å². The number of rotatable bonds is 4. The molecule has 1 aliphatic heterocycles. The third kappa shape index (κ3) is 4.03. The van der Waals surface area contributed by atoms with Crippen molar-refractivity contribution in [1.29, 1.82) is 0 Å². The van der Waals surface area contributed by atoms with Crippen LogP contribution in [0.1, 0.15) is 11.1 Å². The van der Waals surface area contributed by atoms with Crippen molar-refractivity contribution >= 4 is 11.7 Å². The van der Waals surface area contributed by atoms with Crippen molar-refractivity contribution in [2.45, 2.75) is 13.0 Å². The molecule has 0 saturated carbocycles. The van der Waals surface area contributed by atoms with Gasteiger partial charge in [-0.15, -0.1) is 0 Å². The number of amides is 2. The second-order valence-electron chi connectivity index (χ2n) is 5.40. The molecule has 0 fully saturated rings. The largest absolute Gasteiger partial charge is 0.467 e. The van der Waals surface area contributed by atoms with Crippen molar-refractivity contribution in [1.82, 2.24) is 5.32 Å². The number of carbonyl (C=O) groups is 1. The number of hydrogen-bond acceptors (Lipinski definition) is 3. The second kappa shape index (κ2) is 7.43. The lowest BCUT2D eigenvalue weighted by Gasteiger charge is -2.21. The number of hydrogen-bond donors (Lipinski definition) is 2. The van der Waals surface area contributed by atoms with Gasteiger partial charge >= 0.3 is 6.03 Å². The number of urea groups is 1. The molecule has 0 atom stereocenters. The van der Waals surface area contributed by atoms with Gasteiger partial charge in [0.2, 0.25) is 0 Å². The molecule has 132 valence electrons. The summed E-state index contributed by atoms with van der Waals surface area (Å²) in [6, 6.07) is 5.45. The molecule has 1 aliphatic rings. The Bertz CT molecular complexity index is 799. The van der Waals surface area contributed by atoms with Crippen LogP contribution in [-0.2, 0) is 17.8 Å². The molecular formula is C17H15F3N2O3. The minimum atomic E-state index is -1.13. The number of benzene rings is 2. The number of halogens is 3. The summed E-state index contributed by atoms with van der Waals surface area (Å²) in [5.41, 5.74) is 0.934. The van der Waals surface area contributed by atoms with E-state index in [-0.39, 0.29) is 25.6 Å². The van der Waals surface area contributed by atoms with Gasteiger partial charge in [-0.05, 0) is 36.2 Å². The lowest BCUT2D eigenvalue weighted by Crippen LogP contribution is -2.31. The summed E-state index contributed by atoms with van der Waals surface area (Å²) in [5, 5.41) is 4.72. The van der Waals surface area contributed by atoms with Crippen molar-refractivity contribution in [3.63, 3.8) is 0 Å². The van der Waals surface area contributed by atoms with Crippen LogP contribution in [0.4, 0.5) is 23.7 Å². The van der Waals surface area contributed by atoms with Gasteiger partial charge in [0.1, 0.15) is 11.6 Å². The van der Waals surface area contributed by atoms with Crippen LogP contribution < -0.4 is 15.4 Å². The molecule has 0 aliphatic carbocycles.